The Morgan fingerprint density at radius 3 is 2.83 bits per heavy atom. The van der Waals surface area contributed by atoms with Crippen molar-refractivity contribution in [1.82, 2.24) is 10.3 Å². The highest BCUT2D eigenvalue weighted by atomic mass is 19.1. The first-order chi connectivity index (χ1) is 10.9. The summed E-state index contributed by atoms with van der Waals surface area (Å²) in [7, 11) is 0. The van der Waals surface area contributed by atoms with Crippen LogP contribution >= 0.6 is 0 Å². The highest BCUT2D eigenvalue weighted by molar-refractivity contribution is 5.91. The Bertz CT molecular complexity index is 716. The van der Waals surface area contributed by atoms with Crippen LogP contribution in [0.25, 0.3) is 6.08 Å². The van der Waals surface area contributed by atoms with Crippen LogP contribution in [0.2, 0.25) is 0 Å². The maximum atomic E-state index is 13.7. The predicted molar refractivity (Wildman–Crippen MR) is 82.2 cm³/mol. The Balaban J connectivity index is 1.98. The molecule has 0 fully saturated rings. The number of aromatic nitrogens is 1. The number of carbonyl (C=O) groups is 1. The molecule has 0 unspecified atom stereocenters. The second kappa shape index (κ2) is 7.11. The van der Waals surface area contributed by atoms with Gasteiger partial charge in [0.05, 0.1) is 6.54 Å². The predicted octanol–water partition coefficient (Wildman–Crippen LogP) is 2.40. The highest BCUT2D eigenvalue weighted by Crippen LogP contribution is 2.23. The van der Waals surface area contributed by atoms with Gasteiger partial charge in [-0.25, -0.2) is 8.78 Å². The van der Waals surface area contributed by atoms with E-state index in [1.54, 1.807) is 30.6 Å². The van der Waals surface area contributed by atoms with Crippen molar-refractivity contribution in [2.75, 3.05) is 6.54 Å². The first-order valence-electron chi connectivity index (χ1n) is 6.92. The molecule has 0 saturated heterocycles. The number of halogens is 2. The summed E-state index contributed by atoms with van der Waals surface area (Å²) in [6, 6.07) is 6.41. The lowest BCUT2D eigenvalue weighted by atomic mass is 9.95. The second-order valence-corrected chi connectivity index (χ2v) is 5.24. The number of nitrogens with one attached hydrogen (secondary N) is 1. The third-order valence-corrected chi connectivity index (χ3v) is 3.23. The molecule has 6 heteroatoms. The quantitative estimate of drug-likeness (QED) is 0.832. The zero-order valence-electron chi connectivity index (χ0n) is 12.5. The van der Waals surface area contributed by atoms with E-state index in [0.29, 0.717) is 6.07 Å². The lowest BCUT2D eigenvalue weighted by Crippen LogP contribution is -2.38. The molecule has 0 radical (unpaired) electrons. The van der Waals surface area contributed by atoms with Gasteiger partial charge in [-0.3, -0.25) is 9.78 Å². The van der Waals surface area contributed by atoms with Crippen molar-refractivity contribution in [2.45, 2.75) is 12.5 Å². The van der Waals surface area contributed by atoms with Crippen LogP contribution in [0, 0.1) is 11.6 Å². The third kappa shape index (κ3) is 4.69. The van der Waals surface area contributed by atoms with Gasteiger partial charge in [-0.2, -0.15) is 0 Å². The van der Waals surface area contributed by atoms with Gasteiger partial charge in [0.25, 0.3) is 0 Å². The Labute approximate surface area is 132 Å². The summed E-state index contributed by atoms with van der Waals surface area (Å²) in [5, 5.41) is 12.8. The number of aliphatic hydroxyl groups is 1. The van der Waals surface area contributed by atoms with E-state index >= 15 is 0 Å². The standard InChI is InChI=1S/C17H16F2N2O2/c1-17(23,14-6-5-13(18)9-15(14)19)11-21-16(22)7-4-12-3-2-8-20-10-12/h2-10,23H,11H2,1H3,(H,21,22)/b7-4+/t17-/m1/s1. The normalized spacial score (nSPS) is 13.7. The molecule has 0 spiro atoms. The molecule has 0 aliphatic heterocycles. The van der Waals surface area contributed by atoms with Gasteiger partial charge in [0.15, 0.2) is 0 Å². The fourth-order valence-electron chi connectivity index (χ4n) is 1.99. The summed E-state index contributed by atoms with van der Waals surface area (Å²) >= 11 is 0. The number of amides is 1. The second-order valence-electron chi connectivity index (χ2n) is 5.24. The fourth-order valence-corrected chi connectivity index (χ4v) is 1.99. The van der Waals surface area contributed by atoms with E-state index in [-0.39, 0.29) is 12.1 Å². The minimum atomic E-state index is -1.66. The summed E-state index contributed by atoms with van der Waals surface area (Å²) in [6.07, 6.45) is 6.06. The molecular weight excluding hydrogens is 302 g/mol. The average Bonchev–Trinajstić information content (AvgIpc) is 2.51. The minimum absolute atomic E-state index is 0.0876. The number of hydrogen-bond acceptors (Lipinski definition) is 3. The van der Waals surface area contributed by atoms with Gasteiger partial charge in [-0.05, 0) is 30.7 Å². The van der Waals surface area contributed by atoms with Gasteiger partial charge < -0.3 is 10.4 Å². The molecule has 4 nitrogen and oxygen atoms in total. The van der Waals surface area contributed by atoms with Crippen molar-refractivity contribution < 1.29 is 18.7 Å². The molecule has 0 aliphatic carbocycles. The molecule has 2 rings (SSSR count). The van der Waals surface area contributed by atoms with E-state index < -0.39 is 23.1 Å². The Morgan fingerprint density at radius 1 is 1.39 bits per heavy atom. The number of hydrogen-bond donors (Lipinski definition) is 2. The lowest BCUT2D eigenvalue weighted by Gasteiger charge is -2.24. The highest BCUT2D eigenvalue weighted by Gasteiger charge is 2.27. The number of nitrogens with zero attached hydrogens (tertiary/aromatic N) is 1. The number of benzene rings is 1. The zero-order chi connectivity index (χ0) is 16.9. The van der Waals surface area contributed by atoms with Crippen molar-refractivity contribution in [1.29, 1.82) is 0 Å². The van der Waals surface area contributed by atoms with E-state index in [4.69, 9.17) is 0 Å². The molecule has 2 aromatic rings. The Hall–Kier alpha value is -2.60. The van der Waals surface area contributed by atoms with Gasteiger partial charge in [0.2, 0.25) is 5.91 Å². The summed E-state index contributed by atoms with van der Waals surface area (Å²) in [5.74, 6) is -2.04. The topological polar surface area (TPSA) is 62.2 Å². The van der Waals surface area contributed by atoms with Gasteiger partial charge >= 0.3 is 0 Å². The van der Waals surface area contributed by atoms with E-state index in [2.05, 4.69) is 10.3 Å². The monoisotopic (exact) mass is 318 g/mol. The molecule has 1 aromatic heterocycles. The molecule has 0 aliphatic rings. The molecule has 23 heavy (non-hydrogen) atoms. The molecule has 0 saturated carbocycles. The van der Waals surface area contributed by atoms with Crippen molar-refractivity contribution in [2.24, 2.45) is 0 Å². The van der Waals surface area contributed by atoms with Crippen LogP contribution in [0.1, 0.15) is 18.1 Å². The molecule has 1 heterocycles. The first kappa shape index (κ1) is 16.8. The smallest absolute Gasteiger partial charge is 0.244 e. The number of rotatable bonds is 5. The van der Waals surface area contributed by atoms with E-state index in [0.717, 1.165) is 17.7 Å². The Morgan fingerprint density at radius 2 is 2.17 bits per heavy atom. The van der Waals surface area contributed by atoms with Crippen LogP contribution in [0.5, 0.6) is 0 Å². The minimum Gasteiger partial charge on any atom is -0.383 e. The number of carbonyl (C=O) groups excluding carboxylic acids is 1. The van der Waals surface area contributed by atoms with Gasteiger partial charge in [-0.1, -0.05) is 12.1 Å². The summed E-state index contributed by atoms with van der Waals surface area (Å²) in [6.45, 7) is 1.13. The van der Waals surface area contributed by atoms with Crippen molar-refractivity contribution >= 4 is 12.0 Å². The fraction of sp³-hybridized carbons (Fsp3) is 0.176. The largest absolute Gasteiger partial charge is 0.383 e. The maximum absolute atomic E-state index is 13.7. The lowest BCUT2D eigenvalue weighted by molar-refractivity contribution is -0.117. The number of pyridine rings is 1. The molecular formula is C17H16F2N2O2. The molecule has 0 bridgehead atoms. The van der Waals surface area contributed by atoms with E-state index in [9.17, 15) is 18.7 Å². The molecule has 1 atom stereocenters. The van der Waals surface area contributed by atoms with Crippen LogP contribution in [0.4, 0.5) is 8.78 Å². The van der Waals surface area contributed by atoms with Gasteiger partial charge in [0.1, 0.15) is 17.2 Å². The van der Waals surface area contributed by atoms with E-state index in [1.807, 2.05) is 0 Å². The summed E-state index contributed by atoms with van der Waals surface area (Å²) in [5.41, 5.74) is -0.996. The van der Waals surface area contributed by atoms with Gasteiger partial charge in [-0.15, -0.1) is 0 Å². The Kier molecular flexibility index (Phi) is 5.18. The van der Waals surface area contributed by atoms with Crippen molar-refractivity contribution in [3.05, 3.63) is 71.6 Å². The molecule has 1 amide bonds. The molecule has 120 valence electrons. The van der Waals surface area contributed by atoms with Gasteiger partial charge in [0, 0.05) is 30.1 Å². The van der Waals surface area contributed by atoms with Crippen LogP contribution in [-0.4, -0.2) is 22.5 Å². The van der Waals surface area contributed by atoms with Crippen LogP contribution in [0.3, 0.4) is 0 Å². The summed E-state index contributed by atoms with van der Waals surface area (Å²) < 4.78 is 26.6. The van der Waals surface area contributed by atoms with Crippen LogP contribution in [-0.2, 0) is 10.4 Å². The third-order valence-electron chi connectivity index (χ3n) is 3.23. The zero-order valence-corrected chi connectivity index (χ0v) is 12.5. The van der Waals surface area contributed by atoms with Crippen LogP contribution < -0.4 is 5.32 Å². The average molecular weight is 318 g/mol. The summed E-state index contributed by atoms with van der Waals surface area (Å²) in [4.78, 5) is 15.7. The van der Waals surface area contributed by atoms with Crippen molar-refractivity contribution in [3.63, 3.8) is 0 Å². The molecule has 2 N–H and O–H groups in total. The maximum Gasteiger partial charge on any atom is 0.244 e. The van der Waals surface area contributed by atoms with Crippen molar-refractivity contribution in [3.8, 4) is 0 Å². The van der Waals surface area contributed by atoms with E-state index in [1.165, 1.54) is 13.0 Å². The SMILES string of the molecule is C[C@@](O)(CNC(=O)/C=C/c1cccnc1)c1ccc(F)cc1F. The molecule has 1 aromatic carbocycles. The van der Waals surface area contributed by atoms with Crippen LogP contribution in [0.15, 0.2) is 48.8 Å². The first-order valence-corrected chi connectivity index (χ1v) is 6.92.